The summed E-state index contributed by atoms with van der Waals surface area (Å²) in [6.07, 6.45) is 0. The van der Waals surface area contributed by atoms with Crippen LogP contribution in [-0.4, -0.2) is 29.3 Å². The number of hydrogen-bond acceptors (Lipinski definition) is 4. The third-order valence-corrected chi connectivity index (χ3v) is 4.58. The van der Waals surface area contributed by atoms with Crippen molar-refractivity contribution in [2.45, 2.75) is 20.0 Å². The van der Waals surface area contributed by atoms with Crippen LogP contribution < -0.4 is 5.32 Å². The van der Waals surface area contributed by atoms with Crippen molar-refractivity contribution in [2.24, 2.45) is 0 Å². The Kier molecular flexibility index (Phi) is 7.54. The quantitative estimate of drug-likeness (QED) is 0.466. The van der Waals surface area contributed by atoms with E-state index in [-0.39, 0.29) is 30.9 Å². The normalized spacial score (nSPS) is 10.2. The first-order chi connectivity index (χ1) is 15.1. The number of ether oxygens (including phenoxy) is 1. The second kappa shape index (κ2) is 10.7. The smallest absolute Gasteiger partial charge is 0.340 e. The Morgan fingerprint density at radius 1 is 0.774 bits per heavy atom. The summed E-state index contributed by atoms with van der Waals surface area (Å²) in [5.74, 6) is -2.06. The summed E-state index contributed by atoms with van der Waals surface area (Å²) in [6, 6.07) is 25.4. The highest BCUT2D eigenvalue weighted by atomic mass is 16.5. The van der Waals surface area contributed by atoms with Gasteiger partial charge in [-0.25, -0.2) is 4.79 Å². The first kappa shape index (κ1) is 21.8. The maximum atomic E-state index is 13.1. The molecular formula is C25H24N2O4. The van der Waals surface area contributed by atoms with Crippen LogP contribution in [0.1, 0.15) is 28.4 Å². The van der Waals surface area contributed by atoms with Gasteiger partial charge in [0.15, 0.2) is 0 Å². The zero-order chi connectivity index (χ0) is 22.1. The van der Waals surface area contributed by atoms with E-state index in [2.05, 4.69) is 5.32 Å². The molecule has 0 heterocycles. The molecule has 0 spiro atoms. The van der Waals surface area contributed by atoms with Gasteiger partial charge in [0.05, 0.1) is 17.9 Å². The van der Waals surface area contributed by atoms with Gasteiger partial charge in [-0.2, -0.15) is 0 Å². The van der Waals surface area contributed by atoms with Crippen molar-refractivity contribution >= 4 is 23.5 Å². The summed E-state index contributed by atoms with van der Waals surface area (Å²) >= 11 is 0. The van der Waals surface area contributed by atoms with Gasteiger partial charge < -0.3 is 15.0 Å². The van der Waals surface area contributed by atoms with Crippen LogP contribution in [0.2, 0.25) is 0 Å². The number of esters is 1. The van der Waals surface area contributed by atoms with Crippen molar-refractivity contribution in [2.75, 3.05) is 11.9 Å². The minimum Gasteiger partial charge on any atom is -0.462 e. The molecule has 0 radical (unpaired) electrons. The van der Waals surface area contributed by atoms with Gasteiger partial charge in [0.1, 0.15) is 0 Å². The topological polar surface area (TPSA) is 75.7 Å². The first-order valence-electron chi connectivity index (χ1n) is 10.0. The molecule has 0 saturated carbocycles. The van der Waals surface area contributed by atoms with E-state index in [1.807, 2.05) is 60.7 Å². The van der Waals surface area contributed by atoms with Crippen molar-refractivity contribution < 1.29 is 19.1 Å². The number of nitrogens with one attached hydrogen (secondary N) is 1. The highest BCUT2D eigenvalue weighted by Gasteiger charge is 2.24. The fraction of sp³-hybridized carbons (Fsp3) is 0.160. The van der Waals surface area contributed by atoms with Gasteiger partial charge in [0, 0.05) is 13.1 Å². The molecule has 0 aliphatic heterocycles. The molecule has 3 aromatic rings. The van der Waals surface area contributed by atoms with Gasteiger partial charge in [-0.1, -0.05) is 72.8 Å². The Bertz CT molecular complexity index is 994. The molecule has 1 N–H and O–H groups in total. The lowest BCUT2D eigenvalue weighted by Gasteiger charge is -2.23. The van der Waals surface area contributed by atoms with Crippen LogP contribution in [0.15, 0.2) is 84.9 Å². The number of nitrogens with zero attached hydrogens (tertiary/aromatic N) is 1. The fourth-order valence-corrected chi connectivity index (χ4v) is 3.11. The predicted octanol–water partition coefficient (Wildman–Crippen LogP) is 4.03. The minimum atomic E-state index is -0.816. The number of amides is 2. The van der Waals surface area contributed by atoms with Crippen LogP contribution in [0.25, 0.3) is 0 Å². The minimum absolute atomic E-state index is 0.197. The number of benzene rings is 3. The molecular weight excluding hydrogens is 392 g/mol. The Hall–Kier alpha value is -3.93. The molecule has 0 atom stereocenters. The van der Waals surface area contributed by atoms with Gasteiger partial charge in [-0.15, -0.1) is 0 Å². The van der Waals surface area contributed by atoms with Gasteiger partial charge in [-0.3, -0.25) is 9.59 Å². The number of rotatable bonds is 7. The first-order valence-corrected chi connectivity index (χ1v) is 10.0. The summed E-state index contributed by atoms with van der Waals surface area (Å²) in [7, 11) is 0. The zero-order valence-electron chi connectivity index (χ0n) is 17.3. The maximum Gasteiger partial charge on any atom is 0.340 e. The molecule has 0 aromatic heterocycles. The van der Waals surface area contributed by atoms with Crippen molar-refractivity contribution in [3.8, 4) is 0 Å². The second-order valence-electron chi connectivity index (χ2n) is 6.85. The summed E-state index contributed by atoms with van der Waals surface area (Å²) < 4.78 is 5.03. The van der Waals surface area contributed by atoms with E-state index in [1.165, 1.54) is 4.90 Å². The van der Waals surface area contributed by atoms with Crippen LogP contribution in [0.3, 0.4) is 0 Å². The van der Waals surface area contributed by atoms with Crippen LogP contribution in [0.5, 0.6) is 0 Å². The summed E-state index contributed by atoms with van der Waals surface area (Å²) in [5.41, 5.74) is 2.25. The summed E-state index contributed by atoms with van der Waals surface area (Å²) in [5, 5.41) is 2.57. The van der Waals surface area contributed by atoms with E-state index in [0.717, 1.165) is 11.1 Å². The molecule has 3 rings (SSSR count). The number of carbonyl (C=O) groups excluding carboxylic acids is 3. The third-order valence-electron chi connectivity index (χ3n) is 4.58. The Balaban J connectivity index is 1.80. The van der Waals surface area contributed by atoms with Gasteiger partial charge in [-0.05, 0) is 30.2 Å². The highest BCUT2D eigenvalue weighted by molar-refractivity contribution is 6.39. The molecule has 6 nitrogen and oxygen atoms in total. The van der Waals surface area contributed by atoms with Gasteiger partial charge in [0.25, 0.3) is 0 Å². The van der Waals surface area contributed by atoms with E-state index in [1.54, 1.807) is 31.2 Å². The lowest BCUT2D eigenvalue weighted by molar-refractivity contribution is -0.144. The average Bonchev–Trinajstić information content (AvgIpc) is 2.80. The van der Waals surface area contributed by atoms with Crippen molar-refractivity contribution in [3.63, 3.8) is 0 Å². The largest absolute Gasteiger partial charge is 0.462 e. The van der Waals surface area contributed by atoms with E-state index in [9.17, 15) is 14.4 Å². The molecule has 0 unspecified atom stereocenters. The molecule has 2 amide bonds. The zero-order valence-corrected chi connectivity index (χ0v) is 17.3. The molecule has 0 bridgehead atoms. The lowest BCUT2D eigenvalue weighted by Crippen LogP contribution is -2.39. The van der Waals surface area contributed by atoms with E-state index >= 15 is 0 Å². The van der Waals surface area contributed by atoms with Gasteiger partial charge in [0.2, 0.25) is 0 Å². The number of carbonyl (C=O) groups is 3. The average molecular weight is 416 g/mol. The molecule has 31 heavy (non-hydrogen) atoms. The Morgan fingerprint density at radius 2 is 1.29 bits per heavy atom. The van der Waals surface area contributed by atoms with Crippen molar-refractivity contribution in [1.29, 1.82) is 0 Å². The third kappa shape index (κ3) is 6.02. The molecule has 6 heteroatoms. The SMILES string of the molecule is CCOC(=O)c1ccccc1NC(=O)C(=O)N(Cc1ccccc1)Cc1ccccc1. The maximum absolute atomic E-state index is 13.1. The van der Waals surface area contributed by atoms with Crippen LogP contribution in [-0.2, 0) is 27.4 Å². The number of hydrogen-bond donors (Lipinski definition) is 1. The molecule has 3 aromatic carbocycles. The van der Waals surface area contributed by atoms with Crippen LogP contribution in [0, 0.1) is 0 Å². The van der Waals surface area contributed by atoms with Crippen molar-refractivity contribution in [3.05, 3.63) is 102 Å². The molecule has 0 fully saturated rings. The number of anilines is 1. The van der Waals surface area contributed by atoms with E-state index in [0.29, 0.717) is 0 Å². The number of para-hydroxylation sites is 1. The predicted molar refractivity (Wildman–Crippen MR) is 118 cm³/mol. The molecule has 0 aliphatic carbocycles. The monoisotopic (exact) mass is 416 g/mol. The Labute approximate surface area is 181 Å². The molecule has 0 saturated heterocycles. The summed E-state index contributed by atoms with van der Waals surface area (Å²) in [4.78, 5) is 39.5. The highest BCUT2D eigenvalue weighted by Crippen LogP contribution is 2.17. The summed E-state index contributed by atoms with van der Waals surface area (Å²) in [6.45, 7) is 2.47. The van der Waals surface area contributed by atoms with Gasteiger partial charge >= 0.3 is 17.8 Å². The van der Waals surface area contributed by atoms with Crippen molar-refractivity contribution in [1.82, 2.24) is 4.90 Å². The second-order valence-corrected chi connectivity index (χ2v) is 6.85. The van der Waals surface area contributed by atoms with Crippen LogP contribution in [0.4, 0.5) is 5.69 Å². The molecule has 158 valence electrons. The van der Waals surface area contributed by atoms with Crippen LogP contribution >= 0.6 is 0 Å². The standard InChI is InChI=1S/C25H24N2O4/c1-2-31-25(30)21-15-9-10-16-22(21)26-23(28)24(29)27(17-19-11-5-3-6-12-19)18-20-13-7-4-8-14-20/h3-16H,2,17-18H2,1H3,(H,26,28). The van der Waals surface area contributed by atoms with E-state index in [4.69, 9.17) is 4.74 Å². The molecule has 0 aliphatic rings. The lowest BCUT2D eigenvalue weighted by atomic mass is 10.1. The van der Waals surface area contributed by atoms with E-state index < -0.39 is 17.8 Å². The fourth-order valence-electron chi connectivity index (χ4n) is 3.11. The Morgan fingerprint density at radius 3 is 1.84 bits per heavy atom.